The zero-order valence-electron chi connectivity index (χ0n) is 36.3. The fraction of sp³-hybridized carbons (Fsp3) is 0.615. The molecule has 0 unspecified atom stereocenters. The number of unbranched alkanes of at least 4 members (excludes halogenated alkanes) is 26. The van der Waals surface area contributed by atoms with E-state index in [2.05, 4.69) is 23.0 Å². The van der Waals surface area contributed by atoms with Crippen molar-refractivity contribution in [3.8, 4) is 0 Å². The normalized spacial score (nSPS) is 11.9. The summed E-state index contributed by atoms with van der Waals surface area (Å²) in [5.74, 6) is -0.869. The lowest BCUT2D eigenvalue weighted by molar-refractivity contribution is 0.527. The van der Waals surface area contributed by atoms with Gasteiger partial charge < -0.3 is 9.13 Å². The second-order valence-corrected chi connectivity index (χ2v) is 17.4. The number of aromatic nitrogens is 2. The number of fused-ring (bicyclic) bond motifs is 4. The predicted molar refractivity (Wildman–Crippen MR) is 246 cm³/mol. The maximum Gasteiger partial charge on any atom is 0.197 e. The molecule has 0 amide bonds. The van der Waals surface area contributed by atoms with Crippen molar-refractivity contribution in [2.45, 2.75) is 207 Å². The Hall–Kier alpha value is -3.54. The van der Waals surface area contributed by atoms with Crippen molar-refractivity contribution in [1.82, 2.24) is 9.13 Å². The first-order valence-corrected chi connectivity index (χ1v) is 23.9. The minimum Gasteiger partial charge on any atom is -0.340 e. The van der Waals surface area contributed by atoms with Crippen LogP contribution in [0.1, 0.15) is 194 Å². The van der Waals surface area contributed by atoms with Gasteiger partial charge in [-0.2, -0.15) is 0 Å². The highest BCUT2D eigenvalue weighted by Crippen LogP contribution is 2.28. The van der Waals surface area contributed by atoms with Gasteiger partial charge in [0.05, 0.1) is 22.1 Å². The molecule has 318 valence electrons. The van der Waals surface area contributed by atoms with Gasteiger partial charge in [0.15, 0.2) is 10.9 Å². The summed E-state index contributed by atoms with van der Waals surface area (Å²) < 4.78 is 33.5. The van der Waals surface area contributed by atoms with Crippen molar-refractivity contribution in [1.29, 1.82) is 0 Å². The third-order valence-corrected chi connectivity index (χ3v) is 12.6. The summed E-state index contributed by atoms with van der Waals surface area (Å²) in [6.07, 6.45) is 35.6. The lowest BCUT2D eigenvalue weighted by Crippen LogP contribution is -2.16. The summed E-state index contributed by atoms with van der Waals surface area (Å²) in [7, 11) is 0. The summed E-state index contributed by atoms with van der Waals surface area (Å²) in [5.41, 5.74) is 2.28. The van der Waals surface area contributed by atoms with Crippen LogP contribution in [0.5, 0.6) is 0 Å². The number of hydrogen-bond donors (Lipinski definition) is 0. The van der Waals surface area contributed by atoms with Crippen LogP contribution in [-0.4, -0.2) is 9.13 Å². The molecule has 3 aromatic carbocycles. The van der Waals surface area contributed by atoms with E-state index in [9.17, 15) is 18.4 Å². The maximum atomic E-state index is 14.7. The van der Waals surface area contributed by atoms with Gasteiger partial charge >= 0.3 is 0 Å². The number of pyridine rings is 2. The van der Waals surface area contributed by atoms with Crippen molar-refractivity contribution in [2.24, 2.45) is 0 Å². The van der Waals surface area contributed by atoms with E-state index in [0.717, 1.165) is 38.5 Å². The Balaban J connectivity index is 1.25. The van der Waals surface area contributed by atoms with Gasteiger partial charge in [0.25, 0.3) is 0 Å². The SMILES string of the molecule is CCCCCCCCCCCCCCCCn1c2ccc(F)cc2c(=O)c2cc3c(cc21)c(=O)c1cc(F)ccc1n3CCCCCCCCCCCCCCCC. The summed E-state index contributed by atoms with van der Waals surface area (Å²) in [4.78, 5) is 28.2. The van der Waals surface area contributed by atoms with E-state index in [1.807, 2.05) is 12.1 Å². The van der Waals surface area contributed by atoms with Gasteiger partial charge in [0.1, 0.15) is 11.6 Å². The largest absolute Gasteiger partial charge is 0.340 e. The average molecular weight is 797 g/mol. The Bertz CT molecular complexity index is 1960. The van der Waals surface area contributed by atoms with E-state index in [1.165, 1.54) is 166 Å². The molecular weight excluding hydrogens is 723 g/mol. The quantitative estimate of drug-likeness (QED) is 0.0343. The first kappa shape index (κ1) is 45.5. The molecular formula is C52H74F2N2O2. The third-order valence-electron chi connectivity index (χ3n) is 12.6. The lowest BCUT2D eigenvalue weighted by atomic mass is 10.0. The van der Waals surface area contributed by atoms with Gasteiger partial charge in [-0.25, -0.2) is 8.78 Å². The molecule has 0 saturated heterocycles. The van der Waals surface area contributed by atoms with Gasteiger partial charge in [0.2, 0.25) is 0 Å². The van der Waals surface area contributed by atoms with Crippen LogP contribution in [0.25, 0.3) is 43.6 Å². The molecule has 5 rings (SSSR count). The monoisotopic (exact) mass is 797 g/mol. The number of rotatable bonds is 30. The molecule has 0 aliphatic carbocycles. The first-order chi connectivity index (χ1) is 28.4. The second-order valence-electron chi connectivity index (χ2n) is 17.4. The Morgan fingerprint density at radius 3 is 0.897 bits per heavy atom. The molecule has 5 aromatic rings. The number of hydrogen-bond acceptors (Lipinski definition) is 2. The summed E-state index contributed by atoms with van der Waals surface area (Å²) in [6.45, 7) is 5.86. The Kier molecular flexibility index (Phi) is 19.8. The van der Waals surface area contributed by atoms with Crippen molar-refractivity contribution in [3.63, 3.8) is 0 Å². The van der Waals surface area contributed by atoms with Gasteiger partial charge in [-0.05, 0) is 61.4 Å². The molecule has 2 aromatic heterocycles. The average Bonchev–Trinajstić information content (AvgIpc) is 3.23. The third kappa shape index (κ3) is 13.2. The van der Waals surface area contributed by atoms with Gasteiger partial charge in [-0.15, -0.1) is 0 Å². The highest BCUT2D eigenvalue weighted by Gasteiger charge is 2.18. The number of halogens is 2. The van der Waals surface area contributed by atoms with E-state index in [4.69, 9.17) is 0 Å². The van der Waals surface area contributed by atoms with Gasteiger partial charge in [-0.1, -0.05) is 181 Å². The van der Waals surface area contributed by atoms with E-state index < -0.39 is 11.6 Å². The molecule has 0 fully saturated rings. The van der Waals surface area contributed by atoms with Crippen molar-refractivity contribution in [2.75, 3.05) is 0 Å². The topological polar surface area (TPSA) is 44.0 Å². The van der Waals surface area contributed by atoms with E-state index in [0.29, 0.717) is 56.7 Å². The highest BCUT2D eigenvalue weighted by molar-refractivity contribution is 6.03. The van der Waals surface area contributed by atoms with Gasteiger partial charge in [-0.3, -0.25) is 9.59 Å². The second kappa shape index (κ2) is 25.2. The summed E-state index contributed by atoms with van der Waals surface area (Å²) in [5, 5.41) is 1.71. The number of benzene rings is 3. The number of nitrogens with zero attached hydrogens (tertiary/aromatic N) is 2. The van der Waals surface area contributed by atoms with Gasteiger partial charge in [0, 0.05) is 34.6 Å². The zero-order valence-corrected chi connectivity index (χ0v) is 36.3. The fourth-order valence-electron chi connectivity index (χ4n) is 9.20. The molecule has 4 nitrogen and oxygen atoms in total. The fourth-order valence-corrected chi connectivity index (χ4v) is 9.20. The smallest absolute Gasteiger partial charge is 0.197 e. The van der Waals surface area contributed by atoms with Crippen LogP contribution in [0.15, 0.2) is 58.1 Å². The molecule has 6 heteroatoms. The summed E-state index contributed by atoms with van der Waals surface area (Å²) >= 11 is 0. The first-order valence-electron chi connectivity index (χ1n) is 23.9. The molecule has 0 radical (unpaired) electrons. The zero-order chi connectivity index (χ0) is 41.0. The highest BCUT2D eigenvalue weighted by atomic mass is 19.1. The predicted octanol–water partition coefficient (Wildman–Crippen LogP) is 15.9. The summed E-state index contributed by atoms with van der Waals surface area (Å²) in [6, 6.07) is 12.6. The lowest BCUT2D eigenvalue weighted by Gasteiger charge is -2.19. The van der Waals surface area contributed by atoms with E-state index in [1.54, 1.807) is 12.1 Å². The molecule has 0 atom stereocenters. The van der Waals surface area contributed by atoms with Crippen LogP contribution in [0, 0.1) is 11.6 Å². The molecule has 58 heavy (non-hydrogen) atoms. The minimum absolute atomic E-state index is 0.224. The standard InChI is InChI=1S/C52H74F2N2O2/c1-3-5-7-9-11-13-15-17-19-21-23-25-27-29-35-55-47-33-31-41(53)37-43(47)51(57)45-40-50-46(39-49(45)55)52(58)44-38-42(54)32-34-48(44)56(50)36-30-28-26-24-22-20-18-16-14-12-10-8-6-4-2/h31-34,37-40H,3-30,35-36H2,1-2H3. The van der Waals surface area contributed by atoms with E-state index in [-0.39, 0.29) is 10.9 Å². The van der Waals surface area contributed by atoms with Crippen molar-refractivity contribution >= 4 is 43.6 Å². The molecule has 0 bridgehead atoms. The van der Waals surface area contributed by atoms with Crippen LogP contribution in [0.2, 0.25) is 0 Å². The van der Waals surface area contributed by atoms with Crippen molar-refractivity contribution < 1.29 is 8.78 Å². The van der Waals surface area contributed by atoms with Crippen LogP contribution in [-0.2, 0) is 13.1 Å². The van der Waals surface area contributed by atoms with Crippen LogP contribution in [0.3, 0.4) is 0 Å². The minimum atomic E-state index is -0.435. The Morgan fingerprint density at radius 2 is 0.603 bits per heavy atom. The Morgan fingerprint density at radius 1 is 0.345 bits per heavy atom. The molecule has 0 aliphatic heterocycles. The molecule has 0 N–H and O–H groups in total. The van der Waals surface area contributed by atoms with E-state index >= 15 is 0 Å². The number of aryl methyl sites for hydroxylation is 2. The molecule has 0 aliphatic rings. The molecule has 2 heterocycles. The maximum absolute atomic E-state index is 14.7. The molecule has 0 spiro atoms. The van der Waals surface area contributed by atoms with Crippen LogP contribution in [0.4, 0.5) is 8.78 Å². The van der Waals surface area contributed by atoms with Crippen LogP contribution < -0.4 is 10.9 Å². The Labute approximate surface area is 347 Å². The molecule has 0 saturated carbocycles. The van der Waals surface area contributed by atoms with Crippen molar-refractivity contribution in [3.05, 3.63) is 80.6 Å². The van der Waals surface area contributed by atoms with Crippen LogP contribution >= 0.6 is 0 Å².